The van der Waals surface area contributed by atoms with E-state index in [0.717, 1.165) is 16.7 Å². The van der Waals surface area contributed by atoms with Crippen molar-refractivity contribution in [2.75, 3.05) is 0 Å². The van der Waals surface area contributed by atoms with Crippen molar-refractivity contribution in [2.24, 2.45) is 0 Å². The number of hydrogen-bond donors (Lipinski definition) is 0. The average Bonchev–Trinajstić information content (AvgIpc) is 3.07. The van der Waals surface area contributed by atoms with E-state index in [1.807, 2.05) is 19.9 Å². The highest BCUT2D eigenvalue weighted by molar-refractivity contribution is 5.80. The van der Waals surface area contributed by atoms with Gasteiger partial charge in [0.15, 0.2) is 0 Å². The van der Waals surface area contributed by atoms with Gasteiger partial charge in [-0.05, 0) is 26.0 Å². The van der Waals surface area contributed by atoms with Gasteiger partial charge in [0.25, 0.3) is 0 Å². The molecule has 0 bridgehead atoms. The maximum absolute atomic E-state index is 11.2. The average molecular weight is 244 g/mol. The smallest absolute Gasteiger partial charge is 0.336 e. The van der Waals surface area contributed by atoms with E-state index in [1.54, 1.807) is 12.1 Å². The highest BCUT2D eigenvalue weighted by Gasteiger charge is 2.56. The summed E-state index contributed by atoms with van der Waals surface area (Å²) in [6.07, 6.45) is 0.234. The predicted octanol–water partition coefficient (Wildman–Crippen LogP) is 2.40. The largest absolute Gasteiger partial charge is 0.484 e. The van der Waals surface area contributed by atoms with E-state index in [9.17, 15) is 4.79 Å². The van der Waals surface area contributed by atoms with Crippen LogP contribution in [0.1, 0.15) is 25.5 Å². The Morgan fingerprint density at radius 3 is 2.89 bits per heavy atom. The lowest BCUT2D eigenvalue weighted by Crippen LogP contribution is -2.37. The van der Waals surface area contributed by atoms with Gasteiger partial charge in [0.05, 0.1) is 0 Å². The van der Waals surface area contributed by atoms with E-state index >= 15 is 0 Å². The van der Waals surface area contributed by atoms with Crippen molar-refractivity contribution in [1.82, 2.24) is 0 Å². The molecule has 18 heavy (non-hydrogen) atoms. The van der Waals surface area contributed by atoms with Gasteiger partial charge in [-0.25, -0.2) is 4.79 Å². The summed E-state index contributed by atoms with van der Waals surface area (Å²) in [6.45, 7) is 4.01. The van der Waals surface area contributed by atoms with Crippen molar-refractivity contribution in [3.8, 4) is 5.75 Å². The molecule has 1 aromatic heterocycles. The quantitative estimate of drug-likeness (QED) is 0.527. The van der Waals surface area contributed by atoms with Crippen LogP contribution in [-0.2, 0) is 4.74 Å². The minimum absolute atomic E-state index is 0.111. The van der Waals surface area contributed by atoms with Crippen LogP contribution in [0, 0.1) is 0 Å². The van der Waals surface area contributed by atoms with Gasteiger partial charge in [-0.1, -0.05) is 0 Å². The van der Waals surface area contributed by atoms with E-state index in [-0.39, 0.29) is 23.4 Å². The first-order valence-corrected chi connectivity index (χ1v) is 5.97. The van der Waals surface area contributed by atoms with Gasteiger partial charge in [0.2, 0.25) is 0 Å². The van der Waals surface area contributed by atoms with Gasteiger partial charge in [-0.2, -0.15) is 0 Å². The highest BCUT2D eigenvalue weighted by Crippen LogP contribution is 2.54. The van der Waals surface area contributed by atoms with Gasteiger partial charge < -0.3 is 13.9 Å². The summed E-state index contributed by atoms with van der Waals surface area (Å²) in [5.74, 6) is 0.751. The van der Waals surface area contributed by atoms with Crippen LogP contribution >= 0.6 is 0 Å². The van der Waals surface area contributed by atoms with E-state index in [1.165, 1.54) is 6.07 Å². The summed E-state index contributed by atoms with van der Waals surface area (Å²) < 4.78 is 16.8. The Kier molecular flexibility index (Phi) is 1.66. The lowest BCUT2D eigenvalue weighted by atomic mass is 9.93. The molecule has 2 atom stereocenters. The zero-order valence-electron chi connectivity index (χ0n) is 10.1. The van der Waals surface area contributed by atoms with Crippen LogP contribution in [0.5, 0.6) is 5.75 Å². The molecule has 3 heterocycles. The number of hydrogen-bond acceptors (Lipinski definition) is 4. The molecule has 0 amide bonds. The summed E-state index contributed by atoms with van der Waals surface area (Å²) >= 11 is 0. The number of ether oxygens (including phenoxy) is 2. The highest BCUT2D eigenvalue weighted by atomic mass is 16.6. The summed E-state index contributed by atoms with van der Waals surface area (Å²) in [5, 5.41) is 0.894. The summed E-state index contributed by atoms with van der Waals surface area (Å²) in [6, 6.07) is 6.95. The van der Waals surface area contributed by atoms with E-state index < -0.39 is 0 Å². The predicted molar refractivity (Wildman–Crippen MR) is 64.8 cm³/mol. The minimum Gasteiger partial charge on any atom is -0.484 e. The number of rotatable bonds is 0. The fraction of sp³-hybridized carbons (Fsp3) is 0.357. The van der Waals surface area contributed by atoms with E-state index in [4.69, 9.17) is 13.9 Å². The monoisotopic (exact) mass is 244 g/mol. The van der Waals surface area contributed by atoms with Crippen LogP contribution in [0.2, 0.25) is 0 Å². The molecule has 0 radical (unpaired) electrons. The Morgan fingerprint density at radius 2 is 2.06 bits per heavy atom. The molecule has 2 aliphatic rings. The molecule has 2 unspecified atom stereocenters. The first-order valence-electron chi connectivity index (χ1n) is 5.97. The number of fused-ring (bicyclic) bond motifs is 4. The lowest BCUT2D eigenvalue weighted by Gasteiger charge is -2.29. The third-order valence-corrected chi connectivity index (χ3v) is 3.61. The molecule has 4 nitrogen and oxygen atoms in total. The fourth-order valence-electron chi connectivity index (χ4n) is 2.64. The maximum Gasteiger partial charge on any atom is 0.336 e. The van der Waals surface area contributed by atoms with Crippen LogP contribution < -0.4 is 10.4 Å². The zero-order valence-corrected chi connectivity index (χ0v) is 10.1. The van der Waals surface area contributed by atoms with Crippen LogP contribution in [0.4, 0.5) is 0 Å². The van der Waals surface area contributed by atoms with Crippen LogP contribution in [0.15, 0.2) is 33.5 Å². The fourth-order valence-corrected chi connectivity index (χ4v) is 2.64. The van der Waals surface area contributed by atoms with Gasteiger partial charge in [-0.15, -0.1) is 0 Å². The molecule has 1 saturated heterocycles. The zero-order chi connectivity index (χ0) is 12.5. The first-order chi connectivity index (χ1) is 8.54. The van der Waals surface area contributed by atoms with Gasteiger partial charge in [-0.3, -0.25) is 0 Å². The molecule has 4 rings (SSSR count). The van der Waals surface area contributed by atoms with Gasteiger partial charge >= 0.3 is 5.63 Å². The Balaban J connectivity index is 1.97. The molecule has 4 heteroatoms. The maximum atomic E-state index is 11.2. The van der Waals surface area contributed by atoms with Gasteiger partial charge in [0.1, 0.15) is 29.1 Å². The lowest BCUT2D eigenvalue weighted by molar-refractivity contribution is 0.0726. The number of epoxide rings is 1. The van der Waals surface area contributed by atoms with Crippen molar-refractivity contribution in [2.45, 2.75) is 31.7 Å². The molecule has 2 aliphatic heterocycles. The summed E-state index contributed by atoms with van der Waals surface area (Å²) in [4.78, 5) is 11.2. The first kappa shape index (κ1) is 10.1. The Labute approximate surface area is 103 Å². The second-order valence-electron chi connectivity index (χ2n) is 5.37. The van der Waals surface area contributed by atoms with E-state index in [0.29, 0.717) is 5.58 Å². The normalized spacial score (nSPS) is 27.2. The van der Waals surface area contributed by atoms with Crippen molar-refractivity contribution in [3.05, 3.63) is 40.2 Å². The van der Waals surface area contributed by atoms with Crippen LogP contribution in [0.25, 0.3) is 11.0 Å². The van der Waals surface area contributed by atoms with Crippen molar-refractivity contribution < 1.29 is 13.9 Å². The van der Waals surface area contributed by atoms with Crippen LogP contribution in [0.3, 0.4) is 0 Å². The topological polar surface area (TPSA) is 52.0 Å². The SMILES string of the molecule is CC1(C)Oc2cc3oc(=O)ccc3cc2C2OC21. The molecule has 2 aromatic rings. The Morgan fingerprint density at radius 1 is 1.22 bits per heavy atom. The molecule has 0 N–H and O–H groups in total. The van der Waals surface area contributed by atoms with Crippen molar-refractivity contribution >= 4 is 11.0 Å². The minimum atomic E-state index is -0.349. The second kappa shape index (κ2) is 2.95. The van der Waals surface area contributed by atoms with Gasteiger partial charge in [0, 0.05) is 23.1 Å². The van der Waals surface area contributed by atoms with E-state index in [2.05, 4.69) is 0 Å². The molecule has 0 spiro atoms. The Hall–Kier alpha value is -1.81. The Bertz CT molecular complexity index is 713. The van der Waals surface area contributed by atoms with Crippen molar-refractivity contribution in [1.29, 1.82) is 0 Å². The molecule has 0 saturated carbocycles. The molecule has 1 aromatic carbocycles. The molecule has 1 fully saturated rings. The second-order valence-corrected chi connectivity index (χ2v) is 5.37. The third-order valence-electron chi connectivity index (χ3n) is 3.61. The molecular formula is C14H12O4. The molecule has 92 valence electrons. The van der Waals surface area contributed by atoms with Crippen molar-refractivity contribution in [3.63, 3.8) is 0 Å². The molecular weight excluding hydrogens is 232 g/mol. The number of benzene rings is 1. The standard InChI is InChI=1S/C14H12O4/c1-14(2)13-12(17-13)8-5-7-3-4-11(15)16-9(7)6-10(8)18-14/h3-6,12-13H,1-2H3. The summed E-state index contributed by atoms with van der Waals surface area (Å²) in [5.41, 5.74) is 0.912. The van der Waals surface area contributed by atoms with Crippen LogP contribution in [-0.4, -0.2) is 11.7 Å². The summed E-state index contributed by atoms with van der Waals surface area (Å²) in [7, 11) is 0. The third kappa shape index (κ3) is 1.26. The molecule has 0 aliphatic carbocycles.